The summed E-state index contributed by atoms with van der Waals surface area (Å²) in [6.45, 7) is 2.09. The molecule has 2 rings (SSSR count). The number of ether oxygens (including phenoxy) is 3. The van der Waals surface area contributed by atoms with E-state index in [9.17, 15) is 9.59 Å². The van der Waals surface area contributed by atoms with Gasteiger partial charge in [-0.1, -0.05) is 0 Å². The number of morpholine rings is 1. The van der Waals surface area contributed by atoms with E-state index in [2.05, 4.69) is 4.98 Å². The van der Waals surface area contributed by atoms with E-state index in [1.165, 1.54) is 22.1 Å². The summed E-state index contributed by atoms with van der Waals surface area (Å²) in [7, 11) is 6.25. The van der Waals surface area contributed by atoms with E-state index >= 15 is 0 Å². The lowest BCUT2D eigenvalue weighted by Crippen LogP contribution is -2.49. The lowest BCUT2D eigenvalue weighted by molar-refractivity contribution is -0.183. The molecule has 1 fully saturated rings. The van der Waals surface area contributed by atoms with Crippen molar-refractivity contribution in [3.8, 4) is 5.75 Å². The topological polar surface area (TPSA) is 131 Å². The van der Waals surface area contributed by atoms with E-state index in [-0.39, 0.29) is 11.6 Å². The molecule has 0 bridgehead atoms. The van der Waals surface area contributed by atoms with Crippen LogP contribution in [0, 0.1) is 0 Å². The van der Waals surface area contributed by atoms with Crippen LogP contribution in [0.3, 0.4) is 0 Å². The van der Waals surface area contributed by atoms with Crippen LogP contribution >= 0.6 is 0 Å². The summed E-state index contributed by atoms with van der Waals surface area (Å²) in [6.07, 6.45) is -0.644. The Bertz CT molecular complexity index is 564. The summed E-state index contributed by atoms with van der Waals surface area (Å²) >= 11 is 0. The van der Waals surface area contributed by atoms with Gasteiger partial charge in [0, 0.05) is 47.5 Å². The molecule has 1 aliphatic rings. The number of nitrogens with two attached hydrogens (primary N) is 1. The molecule has 0 saturated carbocycles. The maximum absolute atomic E-state index is 11.6. The van der Waals surface area contributed by atoms with Gasteiger partial charge in [-0.15, -0.1) is 0 Å². The van der Waals surface area contributed by atoms with Gasteiger partial charge in [-0.05, 0) is 12.1 Å². The number of hydrogen-bond acceptors (Lipinski definition) is 9. The Labute approximate surface area is 158 Å². The molecule has 1 aromatic rings. The van der Waals surface area contributed by atoms with Crippen LogP contribution in [0.15, 0.2) is 18.3 Å². The van der Waals surface area contributed by atoms with E-state index in [4.69, 9.17) is 25.1 Å². The van der Waals surface area contributed by atoms with Crippen molar-refractivity contribution in [1.82, 2.24) is 19.7 Å². The maximum atomic E-state index is 11.6. The molecular weight excluding hydrogens is 358 g/mol. The monoisotopic (exact) mass is 385 g/mol. The summed E-state index contributed by atoms with van der Waals surface area (Å²) in [6, 6.07) is 3.11. The quantitative estimate of drug-likeness (QED) is 0.708. The van der Waals surface area contributed by atoms with Crippen LogP contribution < -0.4 is 5.73 Å². The van der Waals surface area contributed by atoms with Crippen molar-refractivity contribution < 1.29 is 28.9 Å². The Kier molecular flexibility index (Phi) is 9.09. The molecule has 0 aromatic carbocycles. The van der Waals surface area contributed by atoms with Crippen molar-refractivity contribution >= 4 is 18.0 Å². The number of rotatable bonds is 3. The molecule has 2 heterocycles. The number of nitrogen functional groups attached to an aromatic ring is 1. The highest BCUT2D eigenvalue weighted by Gasteiger charge is 2.29. The van der Waals surface area contributed by atoms with Gasteiger partial charge >= 0.3 is 18.6 Å². The minimum atomic E-state index is -1.03. The molecule has 1 aromatic heterocycles. The highest BCUT2D eigenvalue weighted by atomic mass is 16.7. The largest absolute Gasteiger partial charge is 0.504 e. The first-order chi connectivity index (χ1) is 12.7. The van der Waals surface area contributed by atoms with Crippen molar-refractivity contribution in [2.75, 3.05) is 60.2 Å². The second-order valence-electron chi connectivity index (χ2n) is 5.92. The van der Waals surface area contributed by atoms with Crippen molar-refractivity contribution in [1.29, 1.82) is 0 Å². The van der Waals surface area contributed by atoms with Gasteiger partial charge in [-0.25, -0.2) is 19.5 Å². The summed E-state index contributed by atoms with van der Waals surface area (Å²) in [5.41, 5.74) is 5.16. The van der Waals surface area contributed by atoms with Crippen molar-refractivity contribution in [2.45, 2.75) is 6.41 Å². The molecule has 3 N–H and O–H groups in total. The van der Waals surface area contributed by atoms with Gasteiger partial charge in [0.2, 0.25) is 0 Å². The number of nitrogens with zero attached hydrogens (tertiary/aromatic N) is 4. The van der Waals surface area contributed by atoms with Crippen molar-refractivity contribution in [3.63, 3.8) is 0 Å². The minimum absolute atomic E-state index is 0.0347. The fraction of sp³-hybridized carbons (Fsp3) is 0.562. The lowest BCUT2D eigenvalue weighted by Gasteiger charge is -2.33. The average Bonchev–Trinajstić information content (AvgIpc) is 2.64. The van der Waals surface area contributed by atoms with Crippen LogP contribution in [-0.2, 0) is 14.2 Å². The molecule has 0 radical (unpaired) electrons. The molecule has 1 aliphatic heterocycles. The first-order valence-corrected chi connectivity index (χ1v) is 8.19. The Morgan fingerprint density at radius 2 is 1.70 bits per heavy atom. The van der Waals surface area contributed by atoms with Crippen molar-refractivity contribution in [2.24, 2.45) is 0 Å². The van der Waals surface area contributed by atoms with Gasteiger partial charge < -0.3 is 34.9 Å². The SMILES string of the molecule is CN(C)C(=O)OC(OC(=O)N(C)C)N1CCOCC1.Nc1ncccc1O. The summed E-state index contributed by atoms with van der Waals surface area (Å²) < 4.78 is 15.5. The van der Waals surface area contributed by atoms with E-state index in [0.717, 1.165) is 0 Å². The number of pyridine rings is 1. The van der Waals surface area contributed by atoms with Gasteiger partial charge in [0.1, 0.15) is 0 Å². The van der Waals surface area contributed by atoms with Crippen LogP contribution in [0.2, 0.25) is 0 Å². The lowest BCUT2D eigenvalue weighted by atomic mass is 10.4. The molecule has 0 unspecified atom stereocenters. The number of anilines is 1. The Morgan fingerprint density at radius 3 is 2.07 bits per heavy atom. The van der Waals surface area contributed by atoms with Crippen molar-refractivity contribution in [3.05, 3.63) is 18.3 Å². The third-order valence-electron chi connectivity index (χ3n) is 3.29. The van der Waals surface area contributed by atoms with Gasteiger partial charge in [0.25, 0.3) is 0 Å². The van der Waals surface area contributed by atoms with E-state index in [0.29, 0.717) is 26.3 Å². The highest BCUT2D eigenvalue weighted by Crippen LogP contribution is 2.12. The molecule has 11 nitrogen and oxygen atoms in total. The fourth-order valence-corrected chi connectivity index (χ4v) is 1.75. The normalized spacial score (nSPS) is 14.0. The van der Waals surface area contributed by atoms with E-state index < -0.39 is 18.6 Å². The van der Waals surface area contributed by atoms with Gasteiger partial charge in [-0.2, -0.15) is 0 Å². The smallest absolute Gasteiger partial charge is 0.413 e. The number of carbonyl (C=O) groups excluding carboxylic acids is 2. The number of carbonyl (C=O) groups is 2. The highest BCUT2D eigenvalue weighted by molar-refractivity contribution is 5.68. The molecule has 0 aliphatic carbocycles. The Hall–Kier alpha value is -2.79. The third-order valence-corrected chi connectivity index (χ3v) is 3.29. The van der Waals surface area contributed by atoms with Gasteiger partial charge in [-0.3, -0.25) is 0 Å². The van der Waals surface area contributed by atoms with Gasteiger partial charge in [0.05, 0.1) is 13.2 Å². The fourth-order valence-electron chi connectivity index (χ4n) is 1.75. The average molecular weight is 385 g/mol. The predicted molar refractivity (Wildman–Crippen MR) is 96.8 cm³/mol. The first-order valence-electron chi connectivity index (χ1n) is 8.19. The zero-order valence-electron chi connectivity index (χ0n) is 16.0. The molecule has 1 saturated heterocycles. The Balaban J connectivity index is 0.000000377. The zero-order chi connectivity index (χ0) is 20.4. The van der Waals surface area contributed by atoms with Crippen LogP contribution in [0.25, 0.3) is 0 Å². The zero-order valence-corrected chi connectivity index (χ0v) is 16.0. The molecule has 11 heteroatoms. The number of amides is 2. The third kappa shape index (κ3) is 7.96. The van der Waals surface area contributed by atoms with E-state index in [1.807, 2.05) is 0 Å². The summed E-state index contributed by atoms with van der Waals surface area (Å²) in [4.78, 5) is 31.1. The van der Waals surface area contributed by atoms with E-state index in [1.54, 1.807) is 39.2 Å². The molecular formula is C16H27N5O6. The number of aromatic hydroxyl groups is 1. The molecule has 0 atom stereocenters. The second-order valence-corrected chi connectivity index (χ2v) is 5.92. The maximum Gasteiger partial charge on any atom is 0.413 e. The predicted octanol–water partition coefficient (Wildman–Crippen LogP) is 0.368. The Morgan fingerprint density at radius 1 is 1.19 bits per heavy atom. The summed E-state index contributed by atoms with van der Waals surface area (Å²) in [5.74, 6) is 0.208. The van der Waals surface area contributed by atoms with Crippen LogP contribution in [0.5, 0.6) is 5.75 Å². The standard InChI is InChI=1S/C11H21N3O5.C5H6N2O/c1-12(2)9(15)18-11(19-10(16)13(3)4)14-5-7-17-8-6-14;6-5-4(8)2-1-3-7-5/h11H,5-8H2,1-4H3;1-3,8H,(H2,6,7). The van der Waals surface area contributed by atoms with Gasteiger partial charge in [0.15, 0.2) is 11.6 Å². The first kappa shape index (κ1) is 22.3. The van der Waals surface area contributed by atoms with Crippen LogP contribution in [-0.4, -0.2) is 97.9 Å². The molecule has 2 amide bonds. The number of hydrogen-bond donors (Lipinski definition) is 2. The molecule has 27 heavy (non-hydrogen) atoms. The molecule has 0 spiro atoms. The van der Waals surface area contributed by atoms with Crippen LogP contribution in [0.1, 0.15) is 0 Å². The second kappa shape index (κ2) is 11.0. The minimum Gasteiger partial charge on any atom is -0.504 e. The molecule has 152 valence electrons. The summed E-state index contributed by atoms with van der Waals surface area (Å²) in [5, 5.41) is 8.73. The van der Waals surface area contributed by atoms with Crippen LogP contribution in [0.4, 0.5) is 15.4 Å². The number of aromatic nitrogens is 1.